The summed E-state index contributed by atoms with van der Waals surface area (Å²) in [5, 5.41) is 11.0. The predicted molar refractivity (Wildman–Crippen MR) is 152 cm³/mol. The van der Waals surface area contributed by atoms with E-state index in [4.69, 9.17) is 9.47 Å². The summed E-state index contributed by atoms with van der Waals surface area (Å²) in [6.07, 6.45) is 4.25. The van der Waals surface area contributed by atoms with Gasteiger partial charge < -0.3 is 24.4 Å². The molecule has 1 atom stereocenters. The molecule has 4 heterocycles. The molecule has 1 aromatic heterocycles. The number of cyclic esters (lactones) is 1. The molecule has 0 saturated carbocycles. The Kier molecular flexibility index (Phi) is 7.15. The van der Waals surface area contributed by atoms with Gasteiger partial charge >= 0.3 is 5.97 Å². The van der Waals surface area contributed by atoms with Crippen LogP contribution in [0.4, 0.5) is 0 Å². The quantitative estimate of drug-likeness (QED) is 0.451. The van der Waals surface area contributed by atoms with E-state index in [0.717, 1.165) is 42.4 Å². The van der Waals surface area contributed by atoms with Gasteiger partial charge in [-0.15, -0.1) is 0 Å². The third-order valence-corrected chi connectivity index (χ3v) is 8.46. The maximum atomic E-state index is 13.8. The fourth-order valence-corrected chi connectivity index (χ4v) is 6.18. The molecule has 2 aromatic carbocycles. The van der Waals surface area contributed by atoms with Gasteiger partial charge in [0.25, 0.3) is 11.8 Å². The third-order valence-electron chi connectivity index (χ3n) is 8.46. The van der Waals surface area contributed by atoms with Crippen LogP contribution in [0.25, 0.3) is 10.9 Å². The Balaban J connectivity index is 1.33. The first-order valence-electron chi connectivity index (χ1n) is 14.4. The van der Waals surface area contributed by atoms with Crippen molar-refractivity contribution >= 4 is 28.7 Å². The van der Waals surface area contributed by atoms with Crippen LogP contribution in [0, 0.1) is 0 Å². The lowest BCUT2D eigenvalue weighted by Gasteiger charge is -2.27. The molecule has 41 heavy (non-hydrogen) atoms. The number of carbonyl (C=O) groups is 3. The number of nitrogens with zero attached hydrogens (tertiary/aromatic N) is 3. The highest BCUT2D eigenvalue weighted by Gasteiger charge is 2.35. The first-order valence-corrected chi connectivity index (χ1v) is 14.4. The van der Waals surface area contributed by atoms with Crippen LogP contribution in [-0.2, 0) is 24.4 Å². The first-order chi connectivity index (χ1) is 19.7. The second kappa shape index (κ2) is 10.8. The maximum Gasteiger partial charge on any atom is 0.338 e. The number of ether oxygens (including phenoxy) is 2. The van der Waals surface area contributed by atoms with Crippen LogP contribution in [0.5, 0.6) is 5.75 Å². The van der Waals surface area contributed by atoms with Gasteiger partial charge in [-0.1, -0.05) is 13.0 Å². The number of likely N-dealkylation sites (tertiary alicyclic amines) is 2. The lowest BCUT2D eigenvalue weighted by atomic mass is 9.96. The Hall–Kier alpha value is -3.98. The summed E-state index contributed by atoms with van der Waals surface area (Å²) in [7, 11) is 0. The van der Waals surface area contributed by atoms with Crippen molar-refractivity contribution in [3.63, 3.8) is 0 Å². The number of aromatic nitrogens is 1. The summed E-state index contributed by atoms with van der Waals surface area (Å²) < 4.78 is 11.4. The van der Waals surface area contributed by atoms with E-state index in [0.29, 0.717) is 60.4 Å². The summed E-state index contributed by atoms with van der Waals surface area (Å²) in [6, 6.07) is 10.7. The highest BCUT2D eigenvalue weighted by molar-refractivity contribution is 6.09. The van der Waals surface area contributed by atoms with Crippen molar-refractivity contribution in [2.24, 2.45) is 0 Å². The molecule has 0 bridgehead atoms. The van der Waals surface area contributed by atoms with Crippen LogP contribution in [0.2, 0.25) is 0 Å². The zero-order chi connectivity index (χ0) is 28.7. The van der Waals surface area contributed by atoms with Crippen LogP contribution in [0.1, 0.15) is 87.4 Å². The van der Waals surface area contributed by atoms with Crippen molar-refractivity contribution in [1.29, 1.82) is 0 Å². The van der Waals surface area contributed by atoms with E-state index in [1.807, 2.05) is 24.0 Å². The number of fused-ring (bicyclic) bond motifs is 2. The van der Waals surface area contributed by atoms with Crippen LogP contribution in [-0.4, -0.2) is 69.5 Å². The lowest BCUT2D eigenvalue weighted by Crippen LogP contribution is -2.36. The number of aliphatic hydroxyl groups is 1. The SMILES string of the molecule is CCc1c(COc2ccc3nc(C(=O)N4CCC(C)(O)C4)cc(C(=O)N4CCCCC4)c3c2)ccc2c1COC2=O. The molecule has 2 fully saturated rings. The van der Waals surface area contributed by atoms with Gasteiger partial charge in [-0.25, -0.2) is 9.78 Å². The average Bonchev–Trinajstić information content (AvgIpc) is 3.55. The maximum absolute atomic E-state index is 13.8. The average molecular weight is 558 g/mol. The first kappa shape index (κ1) is 27.2. The van der Waals surface area contributed by atoms with E-state index in [1.54, 1.807) is 36.1 Å². The van der Waals surface area contributed by atoms with Crippen LogP contribution in [0.15, 0.2) is 36.4 Å². The number of pyridine rings is 1. The number of hydrogen-bond acceptors (Lipinski definition) is 7. The minimum Gasteiger partial charge on any atom is -0.489 e. The van der Waals surface area contributed by atoms with Gasteiger partial charge in [-0.3, -0.25) is 9.59 Å². The molecular formula is C32H35N3O6. The molecule has 6 rings (SSSR count). The smallest absolute Gasteiger partial charge is 0.338 e. The van der Waals surface area contributed by atoms with Crippen molar-refractivity contribution in [2.45, 2.75) is 64.8 Å². The van der Waals surface area contributed by atoms with E-state index in [-0.39, 0.29) is 36.6 Å². The third kappa shape index (κ3) is 5.26. The number of amides is 2. The van der Waals surface area contributed by atoms with E-state index in [1.165, 1.54) is 0 Å². The Bertz CT molecular complexity index is 1540. The highest BCUT2D eigenvalue weighted by Crippen LogP contribution is 2.31. The van der Waals surface area contributed by atoms with Crippen molar-refractivity contribution in [2.75, 3.05) is 26.2 Å². The molecule has 9 heteroatoms. The highest BCUT2D eigenvalue weighted by atomic mass is 16.5. The molecule has 0 aliphatic carbocycles. The summed E-state index contributed by atoms with van der Waals surface area (Å²) in [4.78, 5) is 47.3. The number of carbonyl (C=O) groups excluding carboxylic acids is 3. The van der Waals surface area contributed by atoms with Gasteiger partial charge in [0.2, 0.25) is 0 Å². The van der Waals surface area contributed by atoms with Gasteiger partial charge in [0.05, 0.1) is 22.2 Å². The second-order valence-corrected chi connectivity index (χ2v) is 11.5. The molecule has 3 aliphatic heterocycles. The van der Waals surface area contributed by atoms with Crippen molar-refractivity contribution in [3.8, 4) is 5.75 Å². The van der Waals surface area contributed by atoms with Gasteiger partial charge in [0.15, 0.2) is 0 Å². The molecule has 214 valence electrons. The van der Waals surface area contributed by atoms with E-state index < -0.39 is 5.60 Å². The molecule has 0 spiro atoms. The Morgan fingerprint density at radius 2 is 1.85 bits per heavy atom. The fraction of sp³-hybridized carbons (Fsp3) is 0.438. The van der Waals surface area contributed by atoms with Gasteiger partial charge in [-0.2, -0.15) is 0 Å². The van der Waals surface area contributed by atoms with Crippen LogP contribution < -0.4 is 4.74 Å². The molecule has 0 radical (unpaired) electrons. The monoisotopic (exact) mass is 557 g/mol. The Labute approximate surface area is 239 Å². The van der Waals surface area contributed by atoms with Gasteiger partial charge in [0.1, 0.15) is 24.7 Å². The number of piperidine rings is 1. The minimum atomic E-state index is -0.926. The van der Waals surface area contributed by atoms with Crippen molar-refractivity contribution in [1.82, 2.24) is 14.8 Å². The fourth-order valence-electron chi connectivity index (χ4n) is 6.18. The van der Waals surface area contributed by atoms with Crippen molar-refractivity contribution < 1.29 is 29.0 Å². The number of hydrogen-bond donors (Lipinski definition) is 1. The lowest BCUT2D eigenvalue weighted by molar-refractivity contribution is 0.0534. The zero-order valence-electron chi connectivity index (χ0n) is 23.6. The van der Waals surface area contributed by atoms with Crippen LogP contribution in [0.3, 0.4) is 0 Å². The molecular weight excluding hydrogens is 522 g/mol. The molecule has 1 unspecified atom stereocenters. The summed E-state index contributed by atoms with van der Waals surface area (Å²) in [5.41, 5.74) is 3.82. The zero-order valence-corrected chi connectivity index (χ0v) is 23.6. The summed E-state index contributed by atoms with van der Waals surface area (Å²) >= 11 is 0. The van der Waals surface area contributed by atoms with Crippen LogP contribution >= 0.6 is 0 Å². The van der Waals surface area contributed by atoms with Gasteiger partial charge in [0, 0.05) is 37.1 Å². The largest absolute Gasteiger partial charge is 0.489 e. The Morgan fingerprint density at radius 1 is 1.05 bits per heavy atom. The van der Waals surface area contributed by atoms with E-state index >= 15 is 0 Å². The number of benzene rings is 2. The topological polar surface area (TPSA) is 109 Å². The normalized spacial score (nSPS) is 20.3. The Morgan fingerprint density at radius 3 is 2.59 bits per heavy atom. The molecule has 2 saturated heterocycles. The predicted octanol–water partition coefficient (Wildman–Crippen LogP) is 4.27. The summed E-state index contributed by atoms with van der Waals surface area (Å²) in [6.45, 7) is 6.38. The second-order valence-electron chi connectivity index (χ2n) is 11.5. The minimum absolute atomic E-state index is 0.117. The molecule has 3 aromatic rings. The molecule has 1 N–H and O–H groups in total. The molecule has 3 aliphatic rings. The van der Waals surface area contributed by atoms with Gasteiger partial charge in [-0.05, 0) is 80.5 Å². The van der Waals surface area contributed by atoms with E-state index in [9.17, 15) is 19.5 Å². The number of esters is 1. The number of β-amino-alcohol motifs (C(OH)–C–C–N with tert-alkyl or cyclic N) is 1. The van der Waals surface area contributed by atoms with Crippen molar-refractivity contribution in [3.05, 3.63) is 69.9 Å². The summed E-state index contributed by atoms with van der Waals surface area (Å²) in [5.74, 6) is -0.114. The molecule has 2 amide bonds. The standard InChI is InChI=1S/C32H35N3O6/c1-3-22-20(7-9-23-26(22)18-41-31(23)38)17-40-21-8-10-27-24(15-21)25(29(36)34-12-5-4-6-13-34)16-28(33-27)30(37)35-14-11-32(2,39)19-35/h7-10,15-16,39H,3-6,11-14,17-19H2,1-2H3. The molecule has 9 nitrogen and oxygen atoms in total. The van der Waals surface area contributed by atoms with E-state index in [2.05, 4.69) is 4.98 Å². The number of rotatable bonds is 6.